The van der Waals surface area contributed by atoms with Crippen molar-refractivity contribution in [2.45, 2.75) is 33.2 Å². The molecule has 1 aliphatic rings. The fraction of sp³-hybridized carbons (Fsp3) is 0.333. The molecule has 0 aliphatic carbocycles. The monoisotopic (exact) mass is 389 g/mol. The van der Waals surface area contributed by atoms with E-state index in [9.17, 15) is 9.59 Å². The van der Waals surface area contributed by atoms with Gasteiger partial charge >= 0.3 is 6.03 Å². The predicted octanol–water partition coefficient (Wildman–Crippen LogP) is 4.21. The van der Waals surface area contributed by atoms with Crippen LogP contribution in [0.3, 0.4) is 0 Å². The highest BCUT2D eigenvalue weighted by Crippen LogP contribution is 2.24. The van der Waals surface area contributed by atoms with E-state index in [2.05, 4.69) is 11.2 Å². The molecule has 0 radical (unpaired) electrons. The fourth-order valence-corrected chi connectivity index (χ4v) is 3.51. The number of urea groups is 1. The molecule has 1 saturated heterocycles. The number of likely N-dealkylation sites (tertiary alicyclic amines) is 1. The lowest BCUT2D eigenvalue weighted by Gasteiger charge is -2.24. The summed E-state index contributed by atoms with van der Waals surface area (Å²) in [4.78, 5) is 29.4. The molecule has 0 bridgehead atoms. The van der Waals surface area contributed by atoms with Crippen LogP contribution in [0.5, 0.6) is 0 Å². The third-order valence-corrected chi connectivity index (χ3v) is 5.19. The van der Waals surface area contributed by atoms with Crippen molar-refractivity contribution in [2.75, 3.05) is 25.0 Å². The van der Waals surface area contributed by atoms with E-state index < -0.39 is 0 Å². The van der Waals surface area contributed by atoms with Gasteiger partial charge < -0.3 is 15.1 Å². The summed E-state index contributed by atoms with van der Waals surface area (Å²) in [5.74, 6) is 2.51. The fourth-order valence-electron chi connectivity index (χ4n) is 3.51. The molecular weight excluding hydrogens is 362 g/mol. The number of anilines is 1. The minimum absolute atomic E-state index is 0.0384. The molecule has 3 amide bonds. The van der Waals surface area contributed by atoms with Crippen molar-refractivity contribution in [2.24, 2.45) is 0 Å². The normalized spacial score (nSPS) is 13.1. The summed E-state index contributed by atoms with van der Waals surface area (Å²) in [6, 6.07) is 13.2. The Morgan fingerprint density at radius 2 is 1.79 bits per heavy atom. The molecule has 1 aliphatic heterocycles. The van der Waals surface area contributed by atoms with Crippen molar-refractivity contribution in [3.05, 3.63) is 64.7 Å². The van der Waals surface area contributed by atoms with E-state index >= 15 is 0 Å². The molecule has 0 unspecified atom stereocenters. The molecule has 1 heterocycles. The number of terminal acetylenes is 1. The molecule has 150 valence electrons. The predicted molar refractivity (Wildman–Crippen MR) is 116 cm³/mol. The summed E-state index contributed by atoms with van der Waals surface area (Å²) in [6.07, 6.45) is 7.54. The number of nitrogens with zero attached hydrogens (tertiary/aromatic N) is 2. The van der Waals surface area contributed by atoms with Gasteiger partial charge in [0.1, 0.15) is 0 Å². The van der Waals surface area contributed by atoms with E-state index in [0.29, 0.717) is 17.8 Å². The maximum Gasteiger partial charge on any atom is 0.322 e. The van der Waals surface area contributed by atoms with Crippen LogP contribution in [0, 0.1) is 26.2 Å². The molecular formula is C24H27N3O2. The van der Waals surface area contributed by atoms with E-state index in [0.717, 1.165) is 42.6 Å². The number of carbonyl (C=O) groups excluding carboxylic acids is 2. The Kier molecular flexibility index (Phi) is 6.56. The highest BCUT2D eigenvalue weighted by molar-refractivity contribution is 6.04. The Bertz CT molecular complexity index is 922. The molecule has 2 aromatic rings. The van der Waals surface area contributed by atoms with Crippen molar-refractivity contribution in [1.82, 2.24) is 9.80 Å². The van der Waals surface area contributed by atoms with Crippen LogP contribution < -0.4 is 5.32 Å². The molecule has 5 heteroatoms. The van der Waals surface area contributed by atoms with Gasteiger partial charge in [0.25, 0.3) is 5.91 Å². The van der Waals surface area contributed by atoms with Crippen molar-refractivity contribution in [1.29, 1.82) is 0 Å². The molecule has 1 N–H and O–H groups in total. The van der Waals surface area contributed by atoms with Crippen LogP contribution in [0.15, 0.2) is 42.5 Å². The van der Waals surface area contributed by atoms with E-state index in [4.69, 9.17) is 6.42 Å². The lowest BCUT2D eigenvalue weighted by Crippen LogP contribution is -2.36. The number of nitrogens with one attached hydrogen (secondary N) is 1. The van der Waals surface area contributed by atoms with Gasteiger partial charge in [0, 0.05) is 19.6 Å². The molecule has 3 rings (SSSR count). The molecule has 5 nitrogen and oxygen atoms in total. The summed E-state index contributed by atoms with van der Waals surface area (Å²) < 4.78 is 0. The summed E-state index contributed by atoms with van der Waals surface area (Å²) in [5.41, 5.74) is 4.08. The van der Waals surface area contributed by atoms with Crippen molar-refractivity contribution in [3.63, 3.8) is 0 Å². The molecule has 0 spiro atoms. The lowest BCUT2D eigenvalue weighted by atomic mass is 10.1. The first-order valence-corrected chi connectivity index (χ1v) is 9.93. The summed E-state index contributed by atoms with van der Waals surface area (Å²) in [6.45, 7) is 6.01. The minimum atomic E-state index is -0.312. The standard InChI is InChI=1S/C24H27N3O2/c1-4-14-27(17-20-12-10-18(2)11-13-20)24(29)25-22-19(3)8-7-9-21(22)23(28)26-15-5-6-16-26/h1,7-13H,5-6,14-17H2,2-3H3,(H,25,29). The van der Waals surface area contributed by atoms with Gasteiger partial charge in [-0.1, -0.05) is 47.9 Å². The van der Waals surface area contributed by atoms with Crippen molar-refractivity contribution in [3.8, 4) is 12.3 Å². The summed E-state index contributed by atoms with van der Waals surface area (Å²) >= 11 is 0. The minimum Gasteiger partial charge on any atom is -0.339 e. The number of amides is 3. The third-order valence-electron chi connectivity index (χ3n) is 5.19. The van der Waals surface area contributed by atoms with E-state index in [-0.39, 0.29) is 18.5 Å². The van der Waals surface area contributed by atoms with Gasteiger partial charge in [0.05, 0.1) is 17.8 Å². The quantitative estimate of drug-likeness (QED) is 0.779. The van der Waals surface area contributed by atoms with Gasteiger partial charge in [0.15, 0.2) is 0 Å². The second kappa shape index (κ2) is 9.29. The number of hydrogen-bond acceptors (Lipinski definition) is 2. The topological polar surface area (TPSA) is 52.7 Å². The van der Waals surface area contributed by atoms with Gasteiger partial charge in [0.2, 0.25) is 0 Å². The second-order valence-electron chi connectivity index (χ2n) is 7.47. The Hall–Kier alpha value is -3.26. The Morgan fingerprint density at radius 1 is 1.10 bits per heavy atom. The average Bonchev–Trinajstić information content (AvgIpc) is 3.25. The largest absolute Gasteiger partial charge is 0.339 e. The van der Waals surface area contributed by atoms with Gasteiger partial charge in [-0.05, 0) is 43.9 Å². The number of hydrogen-bond donors (Lipinski definition) is 1. The van der Waals surface area contributed by atoms with E-state index in [1.807, 2.05) is 55.1 Å². The van der Waals surface area contributed by atoms with Crippen LogP contribution in [-0.2, 0) is 6.54 Å². The average molecular weight is 389 g/mol. The van der Waals surface area contributed by atoms with Crippen molar-refractivity contribution >= 4 is 17.6 Å². The number of para-hydroxylation sites is 1. The SMILES string of the molecule is C#CCN(Cc1ccc(C)cc1)C(=O)Nc1c(C)cccc1C(=O)N1CCCC1. The number of carbonyl (C=O) groups is 2. The highest BCUT2D eigenvalue weighted by Gasteiger charge is 2.24. The maximum atomic E-state index is 13.0. The molecule has 0 aromatic heterocycles. The zero-order valence-electron chi connectivity index (χ0n) is 17.1. The Balaban J connectivity index is 1.81. The van der Waals surface area contributed by atoms with Crippen molar-refractivity contribution < 1.29 is 9.59 Å². The van der Waals surface area contributed by atoms with Gasteiger partial charge in [-0.15, -0.1) is 6.42 Å². The van der Waals surface area contributed by atoms with Crippen LogP contribution in [0.2, 0.25) is 0 Å². The molecule has 1 fully saturated rings. The van der Waals surface area contributed by atoms with Crippen LogP contribution in [0.25, 0.3) is 0 Å². The summed E-state index contributed by atoms with van der Waals surface area (Å²) in [5, 5.41) is 2.94. The first-order chi connectivity index (χ1) is 14.0. The maximum absolute atomic E-state index is 13.0. The smallest absolute Gasteiger partial charge is 0.322 e. The number of aryl methyl sites for hydroxylation is 2. The Morgan fingerprint density at radius 3 is 2.45 bits per heavy atom. The number of rotatable bonds is 5. The first-order valence-electron chi connectivity index (χ1n) is 9.93. The number of benzene rings is 2. The molecule has 2 aromatic carbocycles. The molecule has 29 heavy (non-hydrogen) atoms. The second-order valence-corrected chi connectivity index (χ2v) is 7.47. The van der Waals surface area contributed by atoms with Gasteiger partial charge in [-0.3, -0.25) is 4.79 Å². The molecule has 0 atom stereocenters. The first kappa shape index (κ1) is 20.5. The van der Waals surface area contributed by atoms with Crippen LogP contribution in [-0.4, -0.2) is 41.4 Å². The summed E-state index contributed by atoms with van der Waals surface area (Å²) in [7, 11) is 0. The zero-order chi connectivity index (χ0) is 20.8. The van der Waals surface area contributed by atoms with Gasteiger partial charge in [-0.25, -0.2) is 4.79 Å². The zero-order valence-corrected chi connectivity index (χ0v) is 17.1. The Labute approximate surface area is 172 Å². The van der Waals surface area contributed by atoms with E-state index in [1.54, 1.807) is 11.0 Å². The third kappa shape index (κ3) is 4.97. The molecule has 0 saturated carbocycles. The van der Waals surface area contributed by atoms with Crippen LogP contribution in [0.4, 0.5) is 10.5 Å². The van der Waals surface area contributed by atoms with Gasteiger partial charge in [-0.2, -0.15) is 0 Å². The van der Waals surface area contributed by atoms with Crippen LogP contribution in [0.1, 0.15) is 39.9 Å². The lowest BCUT2D eigenvalue weighted by molar-refractivity contribution is 0.0793. The van der Waals surface area contributed by atoms with E-state index in [1.165, 1.54) is 0 Å². The van der Waals surface area contributed by atoms with Crippen LogP contribution >= 0.6 is 0 Å². The highest BCUT2D eigenvalue weighted by atomic mass is 16.2.